The number of halogens is 2. The van der Waals surface area contributed by atoms with Crippen LogP contribution in [0.1, 0.15) is 30.0 Å². The number of hydrogen-bond acceptors (Lipinski definition) is 2. The Morgan fingerprint density at radius 2 is 2.22 bits per heavy atom. The normalized spacial score (nSPS) is 17.6. The van der Waals surface area contributed by atoms with E-state index in [2.05, 4.69) is 10.6 Å². The minimum atomic E-state index is 0.0632. The quantitative estimate of drug-likeness (QED) is 0.894. The predicted molar refractivity (Wildman–Crippen MR) is 74.2 cm³/mol. The van der Waals surface area contributed by atoms with Gasteiger partial charge in [0, 0.05) is 13.0 Å². The van der Waals surface area contributed by atoms with E-state index in [1.807, 2.05) is 13.1 Å². The van der Waals surface area contributed by atoms with Gasteiger partial charge in [-0.3, -0.25) is 4.79 Å². The summed E-state index contributed by atoms with van der Waals surface area (Å²) in [5, 5.41) is 7.20. The highest BCUT2D eigenvalue weighted by Gasteiger charge is 2.26. The largest absolute Gasteiger partial charge is 0.349 e. The zero-order valence-electron chi connectivity index (χ0n) is 10.2. The fourth-order valence-electron chi connectivity index (χ4n) is 2.29. The monoisotopic (exact) mass is 286 g/mol. The van der Waals surface area contributed by atoms with Gasteiger partial charge in [0.05, 0.1) is 16.1 Å². The molecule has 0 saturated carbocycles. The molecular formula is C13H16Cl2N2O. The summed E-state index contributed by atoms with van der Waals surface area (Å²) in [5.74, 6) is 0.0632. The van der Waals surface area contributed by atoms with Crippen molar-refractivity contribution >= 4 is 29.1 Å². The molecule has 1 aliphatic rings. The molecule has 5 heteroatoms. The van der Waals surface area contributed by atoms with Crippen molar-refractivity contribution in [2.45, 2.75) is 25.3 Å². The number of benzene rings is 1. The number of rotatable bonds is 4. The molecule has 0 saturated heterocycles. The maximum absolute atomic E-state index is 11.7. The summed E-state index contributed by atoms with van der Waals surface area (Å²) < 4.78 is 0. The van der Waals surface area contributed by atoms with Crippen molar-refractivity contribution in [2.75, 3.05) is 13.6 Å². The molecule has 18 heavy (non-hydrogen) atoms. The second kappa shape index (κ2) is 5.91. The van der Waals surface area contributed by atoms with Crippen molar-refractivity contribution in [3.63, 3.8) is 0 Å². The average Bonchev–Trinajstić information content (AvgIpc) is 2.75. The Kier molecular flexibility index (Phi) is 4.49. The van der Waals surface area contributed by atoms with Gasteiger partial charge in [-0.15, -0.1) is 0 Å². The Balaban J connectivity index is 2.08. The lowest BCUT2D eigenvalue weighted by atomic mass is 10.1. The second-order valence-corrected chi connectivity index (χ2v) is 5.23. The molecule has 0 heterocycles. The van der Waals surface area contributed by atoms with E-state index in [1.54, 1.807) is 6.07 Å². The van der Waals surface area contributed by atoms with Crippen molar-refractivity contribution in [2.24, 2.45) is 0 Å². The highest BCUT2D eigenvalue weighted by Crippen LogP contribution is 2.38. The van der Waals surface area contributed by atoms with Gasteiger partial charge in [0.1, 0.15) is 0 Å². The lowest BCUT2D eigenvalue weighted by Crippen LogP contribution is -2.29. The molecule has 1 amide bonds. The third kappa shape index (κ3) is 2.79. The van der Waals surface area contributed by atoms with Crippen LogP contribution in [0.5, 0.6) is 0 Å². The highest BCUT2D eigenvalue weighted by atomic mass is 35.5. The van der Waals surface area contributed by atoms with E-state index in [0.29, 0.717) is 23.0 Å². The summed E-state index contributed by atoms with van der Waals surface area (Å²) in [6.07, 6.45) is 2.25. The van der Waals surface area contributed by atoms with Gasteiger partial charge in [0.25, 0.3) is 0 Å². The third-order valence-electron chi connectivity index (χ3n) is 3.23. The van der Waals surface area contributed by atoms with E-state index in [9.17, 15) is 4.79 Å². The zero-order valence-corrected chi connectivity index (χ0v) is 11.7. The Labute approximate surface area is 117 Å². The third-order valence-corrected chi connectivity index (χ3v) is 4.07. The van der Waals surface area contributed by atoms with Crippen LogP contribution < -0.4 is 10.6 Å². The molecule has 0 aromatic heterocycles. The van der Waals surface area contributed by atoms with Gasteiger partial charge in [-0.05, 0) is 37.1 Å². The van der Waals surface area contributed by atoms with Crippen LogP contribution in [0.15, 0.2) is 12.1 Å². The minimum Gasteiger partial charge on any atom is -0.349 e. The Bertz CT molecular complexity index is 463. The van der Waals surface area contributed by atoms with Gasteiger partial charge in [-0.25, -0.2) is 0 Å². The maximum atomic E-state index is 11.7. The van der Waals surface area contributed by atoms with Crippen molar-refractivity contribution < 1.29 is 4.79 Å². The number of amides is 1. The number of fused-ring (bicyclic) bond motifs is 1. The molecule has 1 aromatic rings. The van der Waals surface area contributed by atoms with Crippen LogP contribution in [-0.4, -0.2) is 19.5 Å². The highest BCUT2D eigenvalue weighted by molar-refractivity contribution is 6.42. The first-order chi connectivity index (χ1) is 8.63. The fraction of sp³-hybridized carbons (Fsp3) is 0.462. The van der Waals surface area contributed by atoms with Gasteiger partial charge in [0.15, 0.2) is 0 Å². The molecule has 0 fully saturated rings. The first kappa shape index (κ1) is 13.7. The molecule has 2 N–H and O–H groups in total. The summed E-state index contributed by atoms with van der Waals surface area (Å²) in [6.45, 7) is 0.687. The molecule has 0 radical (unpaired) electrons. The summed E-state index contributed by atoms with van der Waals surface area (Å²) in [5.41, 5.74) is 2.17. The Hall–Kier alpha value is -0.770. The summed E-state index contributed by atoms with van der Waals surface area (Å²) in [7, 11) is 1.83. The number of nitrogens with one attached hydrogen (secondary N) is 2. The molecule has 0 bridgehead atoms. The Morgan fingerprint density at radius 3 is 2.94 bits per heavy atom. The van der Waals surface area contributed by atoms with Gasteiger partial charge in [-0.2, -0.15) is 0 Å². The molecule has 1 atom stereocenters. The van der Waals surface area contributed by atoms with E-state index in [1.165, 1.54) is 0 Å². The van der Waals surface area contributed by atoms with Crippen LogP contribution in [-0.2, 0) is 11.2 Å². The lowest BCUT2D eigenvalue weighted by Gasteiger charge is -2.14. The SMILES string of the molecule is CNCCC(=O)NC1CCc2c1ccc(Cl)c2Cl. The maximum Gasteiger partial charge on any atom is 0.221 e. The standard InChI is InChI=1S/C13H16Cl2N2O/c1-16-7-6-12(18)17-11-5-3-9-8(11)2-4-10(14)13(9)15/h2,4,11,16H,3,5-7H2,1H3,(H,17,18). The number of carbonyl (C=O) groups is 1. The molecule has 2 rings (SSSR count). The molecule has 1 unspecified atom stereocenters. The fourth-order valence-corrected chi connectivity index (χ4v) is 2.73. The molecular weight excluding hydrogens is 271 g/mol. The average molecular weight is 287 g/mol. The number of hydrogen-bond donors (Lipinski definition) is 2. The van der Waals surface area contributed by atoms with Gasteiger partial charge in [-0.1, -0.05) is 29.3 Å². The van der Waals surface area contributed by atoms with E-state index in [4.69, 9.17) is 23.2 Å². The van der Waals surface area contributed by atoms with Crippen LogP contribution in [0.4, 0.5) is 0 Å². The van der Waals surface area contributed by atoms with Gasteiger partial charge >= 0.3 is 0 Å². The van der Waals surface area contributed by atoms with Crippen LogP contribution in [0.3, 0.4) is 0 Å². The van der Waals surface area contributed by atoms with Crippen LogP contribution in [0.2, 0.25) is 10.0 Å². The second-order valence-electron chi connectivity index (χ2n) is 4.44. The molecule has 3 nitrogen and oxygen atoms in total. The summed E-state index contributed by atoms with van der Waals surface area (Å²) >= 11 is 12.2. The topological polar surface area (TPSA) is 41.1 Å². The van der Waals surface area contributed by atoms with E-state index in [-0.39, 0.29) is 11.9 Å². The summed E-state index contributed by atoms with van der Waals surface area (Å²) in [4.78, 5) is 11.7. The van der Waals surface area contributed by atoms with Crippen molar-refractivity contribution in [3.8, 4) is 0 Å². The van der Waals surface area contributed by atoms with Crippen LogP contribution >= 0.6 is 23.2 Å². The smallest absolute Gasteiger partial charge is 0.221 e. The van der Waals surface area contributed by atoms with E-state index in [0.717, 1.165) is 24.0 Å². The zero-order chi connectivity index (χ0) is 13.1. The van der Waals surface area contributed by atoms with Crippen molar-refractivity contribution in [3.05, 3.63) is 33.3 Å². The molecule has 0 aliphatic heterocycles. The van der Waals surface area contributed by atoms with E-state index >= 15 is 0 Å². The molecule has 1 aromatic carbocycles. The molecule has 0 spiro atoms. The van der Waals surface area contributed by atoms with Crippen molar-refractivity contribution in [1.82, 2.24) is 10.6 Å². The Morgan fingerprint density at radius 1 is 1.44 bits per heavy atom. The van der Waals surface area contributed by atoms with Crippen LogP contribution in [0, 0.1) is 0 Å². The van der Waals surface area contributed by atoms with Crippen molar-refractivity contribution in [1.29, 1.82) is 0 Å². The predicted octanol–water partition coefficient (Wildman–Crippen LogP) is 2.71. The first-order valence-electron chi connectivity index (χ1n) is 6.04. The van der Waals surface area contributed by atoms with Crippen LogP contribution in [0.25, 0.3) is 0 Å². The van der Waals surface area contributed by atoms with E-state index < -0.39 is 0 Å². The lowest BCUT2D eigenvalue weighted by molar-refractivity contribution is -0.121. The number of carbonyl (C=O) groups excluding carboxylic acids is 1. The first-order valence-corrected chi connectivity index (χ1v) is 6.79. The van der Waals surface area contributed by atoms with Gasteiger partial charge in [0.2, 0.25) is 5.91 Å². The summed E-state index contributed by atoms with van der Waals surface area (Å²) in [6, 6.07) is 3.82. The molecule has 98 valence electrons. The molecule has 1 aliphatic carbocycles. The minimum absolute atomic E-state index is 0.0632. The van der Waals surface area contributed by atoms with Gasteiger partial charge < -0.3 is 10.6 Å².